The van der Waals surface area contributed by atoms with E-state index in [1.54, 1.807) is 34.3 Å². The summed E-state index contributed by atoms with van der Waals surface area (Å²) in [6, 6.07) is 2.09. The molecule has 208 valence electrons. The first-order valence-electron chi connectivity index (χ1n) is 12.3. The Hall–Kier alpha value is -3.75. The van der Waals surface area contributed by atoms with Crippen LogP contribution in [0.25, 0.3) is 5.65 Å². The second kappa shape index (κ2) is 12.4. The Morgan fingerprint density at radius 1 is 1.26 bits per heavy atom. The molecule has 4 rings (SSSR count). The molecule has 0 bridgehead atoms. The molecule has 1 fully saturated rings. The number of aliphatic hydroxyl groups is 1. The number of hydrogen-bond donors (Lipinski definition) is 6. The van der Waals surface area contributed by atoms with Gasteiger partial charge in [-0.2, -0.15) is 0 Å². The minimum absolute atomic E-state index is 0.108. The lowest BCUT2D eigenvalue weighted by Crippen LogP contribution is -2.45. The second-order valence-corrected chi connectivity index (χ2v) is 10.5. The van der Waals surface area contributed by atoms with Crippen molar-refractivity contribution >= 4 is 52.3 Å². The molecule has 3 aromatic rings. The molecule has 15 heteroatoms. The zero-order valence-corrected chi connectivity index (χ0v) is 22.8. The van der Waals surface area contributed by atoms with E-state index in [0.717, 1.165) is 0 Å². The van der Waals surface area contributed by atoms with Crippen molar-refractivity contribution < 1.29 is 19.5 Å². The van der Waals surface area contributed by atoms with Crippen LogP contribution in [0.15, 0.2) is 29.9 Å². The largest absolute Gasteiger partial charge is 0.391 e. The van der Waals surface area contributed by atoms with Crippen LogP contribution in [-0.2, 0) is 4.79 Å². The van der Waals surface area contributed by atoms with Crippen molar-refractivity contribution in [3.05, 3.63) is 51.3 Å². The van der Waals surface area contributed by atoms with Crippen LogP contribution >= 0.6 is 22.9 Å². The monoisotopic (exact) mass is 575 g/mol. The Labute approximate surface area is 233 Å². The molecular formula is C24H30ClN9O4S. The summed E-state index contributed by atoms with van der Waals surface area (Å²) in [7, 11) is 1.49. The molecule has 1 aliphatic rings. The SMILES string of the molecule is CNC(=O)[C@@H](CCCCNC(=N)N)NC(=O)c1csc([C@@H]2C[C@@H](O)CN2C(=O)c2cn3cc(Cl)ccc3n2)n1. The highest BCUT2D eigenvalue weighted by Crippen LogP contribution is 2.35. The number of nitrogens with one attached hydrogen (secondary N) is 4. The third-order valence-electron chi connectivity index (χ3n) is 6.32. The number of imidazole rings is 1. The zero-order valence-electron chi connectivity index (χ0n) is 21.2. The summed E-state index contributed by atoms with van der Waals surface area (Å²) in [6.07, 6.45) is 4.43. The van der Waals surface area contributed by atoms with Crippen LogP contribution in [-0.4, -0.2) is 80.3 Å². The topological polar surface area (TPSA) is 191 Å². The summed E-state index contributed by atoms with van der Waals surface area (Å²) < 4.78 is 1.66. The summed E-state index contributed by atoms with van der Waals surface area (Å²) in [6.45, 7) is 0.598. The number of likely N-dealkylation sites (tertiary alicyclic amines) is 1. The molecule has 0 spiro atoms. The van der Waals surface area contributed by atoms with Crippen molar-refractivity contribution in [1.82, 2.24) is 35.2 Å². The maximum atomic E-state index is 13.3. The van der Waals surface area contributed by atoms with Crippen molar-refractivity contribution in [2.75, 3.05) is 20.1 Å². The van der Waals surface area contributed by atoms with Gasteiger partial charge >= 0.3 is 0 Å². The van der Waals surface area contributed by atoms with Crippen molar-refractivity contribution in [3.63, 3.8) is 0 Å². The van der Waals surface area contributed by atoms with E-state index < -0.39 is 24.1 Å². The number of amides is 3. The number of pyridine rings is 1. The Bertz CT molecular complexity index is 1380. The van der Waals surface area contributed by atoms with E-state index in [9.17, 15) is 19.5 Å². The van der Waals surface area contributed by atoms with Crippen molar-refractivity contribution in [2.45, 2.75) is 43.9 Å². The van der Waals surface area contributed by atoms with E-state index in [0.29, 0.717) is 41.5 Å². The Morgan fingerprint density at radius 2 is 2.05 bits per heavy atom. The highest BCUT2D eigenvalue weighted by Gasteiger charge is 2.38. The van der Waals surface area contributed by atoms with Crippen molar-refractivity contribution in [2.24, 2.45) is 5.73 Å². The Morgan fingerprint density at radius 3 is 2.79 bits per heavy atom. The lowest BCUT2D eigenvalue weighted by Gasteiger charge is -2.21. The van der Waals surface area contributed by atoms with Gasteiger partial charge in [0.25, 0.3) is 11.8 Å². The first kappa shape index (κ1) is 28.3. The summed E-state index contributed by atoms with van der Waals surface area (Å²) in [5, 5.41) is 28.1. The van der Waals surface area contributed by atoms with Gasteiger partial charge in [-0.15, -0.1) is 11.3 Å². The molecule has 1 aliphatic heterocycles. The summed E-state index contributed by atoms with van der Waals surface area (Å²) in [4.78, 5) is 49.0. The molecule has 1 saturated heterocycles. The van der Waals surface area contributed by atoms with E-state index in [-0.39, 0.29) is 42.1 Å². The predicted octanol–water partition coefficient (Wildman–Crippen LogP) is 0.890. The first-order chi connectivity index (χ1) is 18.7. The van der Waals surface area contributed by atoms with Crippen molar-refractivity contribution in [3.8, 4) is 0 Å². The van der Waals surface area contributed by atoms with E-state index >= 15 is 0 Å². The standard InChI is InChI=1S/C24H30ClN9O4S/c1-28-20(36)15(4-2-3-7-29-24(26)27)31-21(37)17-12-39-22(32-17)18-8-14(35)10-34(18)23(38)16-11-33-9-13(25)5-6-19(33)30-16/h5-6,9,11-12,14-15,18,35H,2-4,7-8,10H2,1H3,(H,28,36)(H,31,37)(H4,26,27,29)/t14-,15-,18+/m1/s1. The van der Waals surface area contributed by atoms with Crippen LogP contribution < -0.4 is 21.7 Å². The van der Waals surface area contributed by atoms with E-state index in [4.69, 9.17) is 22.7 Å². The summed E-state index contributed by atoms with van der Waals surface area (Å²) in [5.41, 5.74) is 6.16. The van der Waals surface area contributed by atoms with Gasteiger partial charge in [-0.3, -0.25) is 19.8 Å². The molecule has 3 atom stereocenters. The Balaban J connectivity index is 1.43. The molecule has 0 saturated carbocycles. The van der Waals surface area contributed by atoms with E-state index in [1.165, 1.54) is 23.3 Å². The molecule has 0 aliphatic carbocycles. The summed E-state index contributed by atoms with van der Waals surface area (Å²) in [5.74, 6) is -1.33. The van der Waals surface area contributed by atoms with E-state index in [1.807, 2.05) is 0 Å². The molecule has 3 aromatic heterocycles. The number of halogens is 1. The maximum Gasteiger partial charge on any atom is 0.274 e. The van der Waals surface area contributed by atoms with Crippen LogP contribution in [0.4, 0.5) is 0 Å². The van der Waals surface area contributed by atoms with Crippen LogP contribution in [0.2, 0.25) is 5.02 Å². The van der Waals surface area contributed by atoms with E-state index in [2.05, 4.69) is 25.9 Å². The highest BCUT2D eigenvalue weighted by atomic mass is 35.5. The number of rotatable bonds is 10. The third-order valence-corrected chi connectivity index (χ3v) is 7.49. The lowest BCUT2D eigenvalue weighted by molar-refractivity contribution is -0.122. The molecule has 4 heterocycles. The number of β-amino-alcohol motifs (C(OH)–C–C–N with tert-alkyl or cyclic N) is 1. The van der Waals surface area contributed by atoms with Crippen LogP contribution in [0.3, 0.4) is 0 Å². The zero-order chi connectivity index (χ0) is 28.1. The number of unbranched alkanes of at least 4 members (excludes halogenated alkanes) is 1. The van der Waals surface area contributed by atoms with Gasteiger partial charge in [-0.25, -0.2) is 9.97 Å². The predicted molar refractivity (Wildman–Crippen MR) is 146 cm³/mol. The van der Waals surface area contributed by atoms with Gasteiger partial charge in [0.05, 0.1) is 17.2 Å². The molecule has 0 unspecified atom stereocenters. The number of nitrogens with two attached hydrogens (primary N) is 1. The molecule has 7 N–H and O–H groups in total. The molecule has 3 amide bonds. The quantitative estimate of drug-likeness (QED) is 0.117. The molecule has 39 heavy (non-hydrogen) atoms. The fourth-order valence-electron chi connectivity index (χ4n) is 4.40. The average molecular weight is 576 g/mol. The normalized spacial score (nSPS) is 17.7. The maximum absolute atomic E-state index is 13.3. The van der Waals surface area contributed by atoms with Gasteiger partial charge in [-0.05, 0) is 31.4 Å². The molecule has 0 aromatic carbocycles. The molecular weight excluding hydrogens is 546 g/mol. The number of guanidine groups is 1. The fraction of sp³-hybridized carbons (Fsp3) is 0.417. The number of thiazole rings is 1. The first-order valence-corrected chi connectivity index (χ1v) is 13.6. The highest BCUT2D eigenvalue weighted by molar-refractivity contribution is 7.09. The number of fused-ring (bicyclic) bond motifs is 1. The minimum Gasteiger partial charge on any atom is -0.391 e. The van der Waals surface area contributed by atoms with Gasteiger partial charge < -0.3 is 36.1 Å². The number of carbonyl (C=O) groups is 3. The van der Waals surface area contributed by atoms with Crippen LogP contribution in [0, 0.1) is 5.41 Å². The van der Waals surface area contributed by atoms with Crippen LogP contribution in [0.1, 0.15) is 57.7 Å². The molecule has 13 nitrogen and oxygen atoms in total. The van der Waals surface area contributed by atoms with Gasteiger partial charge in [0.1, 0.15) is 28.1 Å². The van der Waals surface area contributed by atoms with Crippen molar-refractivity contribution in [1.29, 1.82) is 5.41 Å². The lowest BCUT2D eigenvalue weighted by atomic mass is 10.1. The molecule has 0 radical (unpaired) electrons. The average Bonchev–Trinajstić information content (AvgIpc) is 3.64. The number of aromatic nitrogens is 3. The number of aliphatic hydroxyl groups excluding tert-OH is 1. The van der Waals surface area contributed by atoms with Gasteiger partial charge in [-0.1, -0.05) is 11.6 Å². The number of likely N-dealkylation sites (N-methyl/N-ethyl adjacent to an activating group) is 1. The van der Waals surface area contributed by atoms with Gasteiger partial charge in [0.2, 0.25) is 5.91 Å². The Kier molecular flexibility index (Phi) is 8.99. The second-order valence-electron chi connectivity index (χ2n) is 9.15. The minimum atomic E-state index is -0.764. The van der Waals surface area contributed by atoms with Crippen LogP contribution in [0.5, 0.6) is 0 Å². The summed E-state index contributed by atoms with van der Waals surface area (Å²) >= 11 is 7.25. The third kappa shape index (κ3) is 6.82. The van der Waals surface area contributed by atoms with Gasteiger partial charge in [0.15, 0.2) is 5.96 Å². The fourth-order valence-corrected chi connectivity index (χ4v) is 5.50. The number of carbonyl (C=O) groups excluding carboxylic acids is 3. The number of hydrogen-bond acceptors (Lipinski definition) is 8. The van der Waals surface area contributed by atoms with Gasteiger partial charge in [0, 0.05) is 44.3 Å². The number of nitrogens with zero attached hydrogens (tertiary/aromatic N) is 4. The smallest absolute Gasteiger partial charge is 0.274 e.